The molecule has 0 aliphatic carbocycles. The van der Waals surface area contributed by atoms with Gasteiger partial charge >= 0.3 is 6.03 Å². The second-order valence-corrected chi connectivity index (χ2v) is 6.13. The van der Waals surface area contributed by atoms with E-state index in [1.807, 2.05) is 0 Å². The number of rotatable bonds is 3. The van der Waals surface area contributed by atoms with Gasteiger partial charge in [0.2, 0.25) is 0 Å². The Morgan fingerprint density at radius 3 is 2.37 bits per heavy atom. The maximum Gasteiger partial charge on any atom is 0.497 e. The summed E-state index contributed by atoms with van der Waals surface area (Å²) in [6, 6.07) is 3.26. The normalized spacial score (nSPS) is 15.7. The molecule has 2 rings (SSSR count). The molecule has 104 valence electrons. The lowest BCUT2D eigenvalue weighted by atomic mass is 10.2. The summed E-state index contributed by atoms with van der Waals surface area (Å²) in [5.41, 5.74) is 0.727. The molecule has 0 spiro atoms. The first-order chi connectivity index (χ1) is 8.96. The molecular formula is C12H16N2O4S. The first-order valence-corrected chi connectivity index (χ1v) is 7.76. The lowest BCUT2D eigenvalue weighted by Crippen LogP contribution is -2.50. The molecule has 1 aromatic rings. The van der Waals surface area contributed by atoms with Crippen molar-refractivity contribution in [2.45, 2.75) is 19.3 Å². The van der Waals surface area contributed by atoms with Gasteiger partial charge in [-0.25, -0.2) is 13.3 Å². The van der Waals surface area contributed by atoms with Crippen molar-refractivity contribution in [1.29, 1.82) is 0 Å². The first kappa shape index (κ1) is 14.0. The number of likely N-dealkylation sites (tertiary alicyclic amines) is 1. The lowest BCUT2D eigenvalue weighted by Gasteiger charge is -2.08. The van der Waals surface area contributed by atoms with Gasteiger partial charge in [-0.2, -0.15) is 9.36 Å². The number of carbonyl (C=O) groups is 1. The third-order valence-electron chi connectivity index (χ3n) is 3.14. The third kappa shape index (κ3) is 4.00. The topological polar surface area (TPSA) is 81.4 Å². The summed E-state index contributed by atoms with van der Waals surface area (Å²) in [7, 11) is -4.19. The Morgan fingerprint density at radius 1 is 1.26 bits per heavy atom. The van der Waals surface area contributed by atoms with Crippen LogP contribution in [0.25, 0.3) is 0 Å². The van der Waals surface area contributed by atoms with E-state index in [9.17, 15) is 17.8 Å². The number of hydrogen-bond acceptors (Lipinski definition) is 4. The summed E-state index contributed by atoms with van der Waals surface area (Å²) in [5, 5.41) is 0. The number of pyridine rings is 1. The van der Waals surface area contributed by atoms with Crippen LogP contribution in [0.15, 0.2) is 24.5 Å². The van der Waals surface area contributed by atoms with Crippen LogP contribution in [0.4, 0.5) is 4.79 Å². The number of aromatic nitrogens is 1. The summed E-state index contributed by atoms with van der Waals surface area (Å²) in [6.07, 6.45) is 5.45. The Bertz CT molecular complexity index is 548. The molecule has 0 atom stereocenters. The van der Waals surface area contributed by atoms with Crippen molar-refractivity contribution < 1.29 is 22.3 Å². The van der Waals surface area contributed by atoms with Crippen molar-refractivity contribution in [3.63, 3.8) is 0 Å². The van der Waals surface area contributed by atoms with E-state index in [0.717, 1.165) is 31.5 Å². The van der Waals surface area contributed by atoms with Crippen LogP contribution in [0, 0.1) is 0 Å². The predicted molar refractivity (Wildman–Crippen MR) is 66.5 cm³/mol. The average Bonchev–Trinajstić information content (AvgIpc) is 2.89. The number of hydrogen-bond donors (Lipinski definition) is 0. The first-order valence-electron chi connectivity index (χ1n) is 6.19. The molecular weight excluding hydrogens is 268 g/mol. The zero-order chi connectivity index (χ0) is 13.9. The van der Waals surface area contributed by atoms with E-state index >= 15 is 0 Å². The molecule has 7 heteroatoms. The van der Waals surface area contributed by atoms with Crippen molar-refractivity contribution in [3.8, 4) is 0 Å². The van der Waals surface area contributed by atoms with Crippen molar-refractivity contribution >= 4 is 16.1 Å². The zero-order valence-corrected chi connectivity index (χ0v) is 11.3. The Hall–Kier alpha value is -1.47. The smallest absolute Gasteiger partial charge is 0.497 e. The second kappa shape index (κ2) is 5.66. The van der Waals surface area contributed by atoms with E-state index < -0.39 is 15.9 Å². The molecule has 0 radical (unpaired) electrons. The van der Waals surface area contributed by atoms with Crippen LogP contribution in [0.1, 0.15) is 18.4 Å². The molecule has 0 unspecified atom stereocenters. The van der Waals surface area contributed by atoms with Gasteiger partial charge < -0.3 is 4.55 Å². The maximum absolute atomic E-state index is 12.0. The van der Waals surface area contributed by atoms with Gasteiger partial charge in [-0.15, -0.1) is 0 Å². The number of nitrogens with zero attached hydrogens (tertiary/aromatic N) is 2. The molecule has 1 aromatic heterocycles. The Labute approximate surface area is 112 Å². The lowest BCUT2D eigenvalue weighted by molar-refractivity contribution is -0.578. The standard InChI is InChI=1S/C12H16N2O4S/c15-12(13-6-1-2-7-13)14-8-3-11(4-9-14)5-10-19(16,17)18/h3-4,8-9H,1-2,5-7,10H2. The molecule has 2 heterocycles. The quantitative estimate of drug-likeness (QED) is 0.583. The van der Waals surface area contributed by atoms with Gasteiger partial charge in [0.25, 0.3) is 0 Å². The number of amides is 1. The average molecular weight is 284 g/mol. The van der Waals surface area contributed by atoms with Crippen LogP contribution in [0.5, 0.6) is 0 Å². The van der Waals surface area contributed by atoms with E-state index in [1.54, 1.807) is 29.4 Å². The monoisotopic (exact) mass is 284 g/mol. The van der Waals surface area contributed by atoms with Gasteiger partial charge in [0.1, 0.15) is 0 Å². The second-order valence-electron chi connectivity index (χ2n) is 4.60. The fourth-order valence-corrected chi connectivity index (χ4v) is 2.55. The van der Waals surface area contributed by atoms with Gasteiger partial charge in [-0.1, -0.05) is 0 Å². The van der Waals surface area contributed by atoms with Crippen LogP contribution in [-0.2, 0) is 16.5 Å². The Kier molecular flexibility index (Phi) is 4.16. The van der Waals surface area contributed by atoms with E-state index in [2.05, 4.69) is 0 Å². The molecule has 6 nitrogen and oxygen atoms in total. The van der Waals surface area contributed by atoms with Crippen molar-refractivity contribution in [2.24, 2.45) is 0 Å². The zero-order valence-electron chi connectivity index (χ0n) is 10.5. The third-order valence-corrected chi connectivity index (χ3v) is 3.84. The van der Waals surface area contributed by atoms with Gasteiger partial charge in [0, 0.05) is 5.75 Å². The maximum atomic E-state index is 12.0. The molecule has 0 N–H and O–H groups in total. The summed E-state index contributed by atoms with van der Waals surface area (Å²) < 4.78 is 33.1. The predicted octanol–water partition coefficient (Wildman–Crippen LogP) is 0.126. The minimum atomic E-state index is -4.19. The van der Waals surface area contributed by atoms with E-state index in [1.165, 1.54) is 4.57 Å². The summed E-state index contributed by atoms with van der Waals surface area (Å²) in [4.78, 5) is 13.8. The Morgan fingerprint density at radius 2 is 1.84 bits per heavy atom. The summed E-state index contributed by atoms with van der Waals surface area (Å²) in [5.74, 6) is -0.420. The fourth-order valence-electron chi connectivity index (χ4n) is 2.07. The summed E-state index contributed by atoms with van der Waals surface area (Å²) in [6.45, 7) is 1.56. The number of aryl methyl sites for hydroxylation is 1. The van der Waals surface area contributed by atoms with Crippen LogP contribution >= 0.6 is 0 Å². The SMILES string of the molecule is O=C(N1CCCC1)[n+]1ccc(CCS(=O)(=O)[O-])cc1. The highest BCUT2D eigenvalue weighted by Gasteiger charge is 2.27. The van der Waals surface area contributed by atoms with Gasteiger partial charge in [0.05, 0.1) is 35.6 Å². The van der Waals surface area contributed by atoms with Gasteiger partial charge in [0.15, 0.2) is 0 Å². The van der Waals surface area contributed by atoms with Crippen LogP contribution in [0.2, 0.25) is 0 Å². The highest BCUT2D eigenvalue weighted by Crippen LogP contribution is 2.07. The largest absolute Gasteiger partial charge is 0.748 e. The van der Waals surface area contributed by atoms with E-state index in [-0.39, 0.29) is 12.5 Å². The minimum absolute atomic E-state index is 0.0690. The Balaban J connectivity index is 1.99. The molecule has 1 saturated heterocycles. The molecule has 0 aromatic carbocycles. The molecule has 0 bridgehead atoms. The van der Waals surface area contributed by atoms with E-state index in [4.69, 9.17) is 0 Å². The van der Waals surface area contributed by atoms with Crippen molar-refractivity contribution in [3.05, 3.63) is 30.1 Å². The molecule has 19 heavy (non-hydrogen) atoms. The summed E-state index contributed by atoms with van der Waals surface area (Å²) >= 11 is 0. The number of carbonyl (C=O) groups excluding carboxylic acids is 1. The molecule has 1 aliphatic rings. The fraction of sp³-hybridized carbons (Fsp3) is 0.500. The van der Waals surface area contributed by atoms with E-state index in [0.29, 0.717) is 0 Å². The highest BCUT2D eigenvalue weighted by atomic mass is 32.2. The van der Waals surface area contributed by atoms with Crippen LogP contribution < -0.4 is 4.57 Å². The molecule has 1 aliphatic heterocycles. The van der Waals surface area contributed by atoms with Gasteiger partial charge in [-0.3, -0.25) is 0 Å². The van der Waals surface area contributed by atoms with Crippen LogP contribution in [0.3, 0.4) is 0 Å². The molecule has 1 fully saturated rings. The van der Waals surface area contributed by atoms with Crippen molar-refractivity contribution in [2.75, 3.05) is 18.8 Å². The highest BCUT2D eigenvalue weighted by molar-refractivity contribution is 7.85. The minimum Gasteiger partial charge on any atom is -0.748 e. The molecule has 1 amide bonds. The molecule has 0 saturated carbocycles. The van der Waals surface area contributed by atoms with Gasteiger partial charge in [-0.05, 0) is 37.0 Å². The van der Waals surface area contributed by atoms with Crippen LogP contribution in [-0.4, -0.2) is 42.7 Å². The van der Waals surface area contributed by atoms with Crippen molar-refractivity contribution in [1.82, 2.24) is 4.90 Å².